The van der Waals surface area contributed by atoms with Crippen molar-refractivity contribution in [1.82, 2.24) is 14.9 Å². The van der Waals surface area contributed by atoms with Crippen LogP contribution in [-0.2, 0) is 11.3 Å². The minimum absolute atomic E-state index is 0.00823. The third-order valence-electron chi connectivity index (χ3n) is 4.03. The van der Waals surface area contributed by atoms with Crippen LogP contribution in [0, 0.1) is 6.92 Å². The number of amides is 1. The van der Waals surface area contributed by atoms with Crippen LogP contribution in [0.1, 0.15) is 5.56 Å². The van der Waals surface area contributed by atoms with Gasteiger partial charge in [0.25, 0.3) is 0 Å². The average molecular weight is 368 g/mol. The fourth-order valence-corrected chi connectivity index (χ4v) is 2.80. The normalized spacial score (nSPS) is 10.7. The third-order valence-corrected chi connectivity index (χ3v) is 4.03. The average Bonchev–Trinajstić information content (AvgIpc) is 3.01. The van der Waals surface area contributed by atoms with Gasteiger partial charge < -0.3 is 25.0 Å². The number of hydrogen-bond acceptors (Lipinski definition) is 5. The molecular weight excluding hydrogens is 344 g/mol. The van der Waals surface area contributed by atoms with Crippen molar-refractivity contribution >= 4 is 22.9 Å². The summed E-state index contributed by atoms with van der Waals surface area (Å²) in [6.45, 7) is 3.32. The molecule has 0 aliphatic heterocycles. The fourth-order valence-electron chi connectivity index (χ4n) is 2.80. The largest absolute Gasteiger partial charge is 0.492 e. The highest BCUT2D eigenvalue weighted by Gasteiger charge is 2.13. The summed E-state index contributed by atoms with van der Waals surface area (Å²) in [4.78, 5) is 16.8. The molecule has 142 valence electrons. The van der Waals surface area contributed by atoms with Gasteiger partial charge in [0, 0.05) is 6.54 Å². The first-order valence-corrected chi connectivity index (χ1v) is 8.93. The summed E-state index contributed by atoms with van der Waals surface area (Å²) in [6, 6.07) is 15.4. The Labute approximate surface area is 158 Å². The summed E-state index contributed by atoms with van der Waals surface area (Å²) >= 11 is 0. The second-order valence-electron chi connectivity index (χ2n) is 6.18. The summed E-state index contributed by atoms with van der Waals surface area (Å²) in [5.74, 6) is 1.23. The monoisotopic (exact) mass is 368 g/mol. The number of carbonyl (C=O) groups excluding carboxylic acids is 1. The van der Waals surface area contributed by atoms with Gasteiger partial charge in [0.15, 0.2) is 0 Å². The van der Waals surface area contributed by atoms with Crippen LogP contribution in [0.2, 0.25) is 0 Å². The van der Waals surface area contributed by atoms with Crippen molar-refractivity contribution in [3.05, 3.63) is 54.1 Å². The van der Waals surface area contributed by atoms with Gasteiger partial charge in [0.05, 0.1) is 24.2 Å². The summed E-state index contributed by atoms with van der Waals surface area (Å²) in [7, 11) is 0. The van der Waals surface area contributed by atoms with Gasteiger partial charge in [0.1, 0.15) is 18.9 Å². The smallest absolute Gasteiger partial charge is 0.240 e. The Bertz CT molecular complexity index is 907. The number of aliphatic hydroxyl groups is 1. The predicted molar refractivity (Wildman–Crippen MR) is 105 cm³/mol. The van der Waals surface area contributed by atoms with Gasteiger partial charge in [-0.3, -0.25) is 4.79 Å². The first kappa shape index (κ1) is 18.7. The highest BCUT2D eigenvalue weighted by Crippen LogP contribution is 2.19. The molecular formula is C20H24N4O3. The molecule has 3 aromatic rings. The maximum absolute atomic E-state index is 12.4. The topological polar surface area (TPSA) is 88.4 Å². The van der Waals surface area contributed by atoms with Gasteiger partial charge >= 0.3 is 0 Å². The number of imidazole rings is 1. The molecule has 0 aliphatic rings. The number of aryl methyl sites for hydroxylation is 1. The van der Waals surface area contributed by atoms with Crippen molar-refractivity contribution in [2.45, 2.75) is 13.5 Å². The maximum Gasteiger partial charge on any atom is 0.240 e. The van der Waals surface area contributed by atoms with E-state index in [9.17, 15) is 4.79 Å². The lowest BCUT2D eigenvalue weighted by Gasteiger charge is -2.11. The van der Waals surface area contributed by atoms with E-state index in [0.29, 0.717) is 25.6 Å². The van der Waals surface area contributed by atoms with Crippen molar-refractivity contribution in [1.29, 1.82) is 0 Å². The van der Waals surface area contributed by atoms with Gasteiger partial charge in [-0.2, -0.15) is 0 Å². The third kappa shape index (κ3) is 4.98. The van der Waals surface area contributed by atoms with E-state index in [1.54, 1.807) is 0 Å². The molecule has 0 aliphatic carbocycles. The second kappa shape index (κ2) is 9.05. The Morgan fingerprint density at radius 1 is 1.19 bits per heavy atom. The summed E-state index contributed by atoms with van der Waals surface area (Å²) in [6.07, 6.45) is 0. The van der Waals surface area contributed by atoms with E-state index in [-0.39, 0.29) is 19.1 Å². The van der Waals surface area contributed by atoms with Gasteiger partial charge in [0.2, 0.25) is 11.9 Å². The second-order valence-corrected chi connectivity index (χ2v) is 6.18. The molecule has 3 N–H and O–H groups in total. The van der Waals surface area contributed by atoms with Crippen LogP contribution in [0.5, 0.6) is 5.75 Å². The van der Waals surface area contributed by atoms with E-state index in [2.05, 4.69) is 15.6 Å². The molecule has 0 saturated heterocycles. The van der Waals surface area contributed by atoms with Crippen LogP contribution >= 0.6 is 0 Å². The molecule has 0 spiro atoms. The Kier molecular flexibility index (Phi) is 6.27. The Hall–Kier alpha value is -3.06. The number of para-hydroxylation sites is 2. The molecule has 0 unspecified atom stereocenters. The number of nitrogens with zero attached hydrogens (tertiary/aromatic N) is 2. The standard InChI is InChI=1S/C20H24N4O3/c1-15-5-4-6-16(13-15)27-12-10-21-19(26)14-24-18-8-3-2-7-17(18)23-20(24)22-9-11-25/h2-8,13,25H,9-12,14H2,1H3,(H,21,26)(H,22,23). The highest BCUT2D eigenvalue weighted by molar-refractivity contribution is 5.83. The van der Waals surface area contributed by atoms with E-state index in [0.717, 1.165) is 22.3 Å². The van der Waals surface area contributed by atoms with Crippen molar-refractivity contribution in [2.75, 3.05) is 31.6 Å². The molecule has 0 fully saturated rings. The van der Waals surface area contributed by atoms with Gasteiger partial charge in [-0.05, 0) is 36.8 Å². The zero-order chi connectivity index (χ0) is 19.1. The van der Waals surface area contributed by atoms with Crippen LogP contribution in [0.25, 0.3) is 11.0 Å². The number of fused-ring (bicyclic) bond motifs is 1. The first-order chi connectivity index (χ1) is 13.2. The number of benzene rings is 2. The SMILES string of the molecule is Cc1cccc(OCCNC(=O)Cn2c(NCCO)nc3ccccc32)c1. The molecule has 7 nitrogen and oxygen atoms in total. The maximum atomic E-state index is 12.4. The van der Waals surface area contributed by atoms with Crippen molar-refractivity contribution in [3.63, 3.8) is 0 Å². The summed E-state index contributed by atoms with van der Waals surface area (Å²) < 4.78 is 7.45. The number of rotatable bonds is 9. The number of anilines is 1. The number of carbonyl (C=O) groups is 1. The van der Waals surface area contributed by atoms with Crippen LogP contribution in [0.3, 0.4) is 0 Å². The number of nitrogens with one attached hydrogen (secondary N) is 2. The zero-order valence-corrected chi connectivity index (χ0v) is 15.3. The summed E-state index contributed by atoms with van der Waals surface area (Å²) in [5, 5.41) is 14.9. The van der Waals surface area contributed by atoms with E-state index in [1.165, 1.54) is 0 Å². The molecule has 0 radical (unpaired) electrons. The minimum atomic E-state index is -0.127. The Morgan fingerprint density at radius 2 is 2.04 bits per heavy atom. The first-order valence-electron chi connectivity index (χ1n) is 8.93. The Morgan fingerprint density at radius 3 is 2.85 bits per heavy atom. The molecule has 3 rings (SSSR count). The predicted octanol–water partition coefficient (Wildman–Crippen LogP) is 1.94. The van der Waals surface area contributed by atoms with Gasteiger partial charge in [-0.15, -0.1) is 0 Å². The molecule has 0 atom stereocenters. The molecule has 0 saturated carbocycles. The van der Waals surface area contributed by atoms with E-state index in [1.807, 2.05) is 60.0 Å². The van der Waals surface area contributed by atoms with Gasteiger partial charge in [-0.1, -0.05) is 24.3 Å². The highest BCUT2D eigenvalue weighted by atomic mass is 16.5. The quantitative estimate of drug-likeness (QED) is 0.503. The van der Waals surface area contributed by atoms with Crippen LogP contribution < -0.4 is 15.4 Å². The lowest BCUT2D eigenvalue weighted by atomic mass is 10.2. The van der Waals surface area contributed by atoms with E-state index >= 15 is 0 Å². The van der Waals surface area contributed by atoms with Gasteiger partial charge in [-0.25, -0.2) is 4.98 Å². The zero-order valence-electron chi connectivity index (χ0n) is 15.3. The molecule has 7 heteroatoms. The fraction of sp³-hybridized carbons (Fsp3) is 0.300. The number of aliphatic hydroxyl groups excluding tert-OH is 1. The van der Waals surface area contributed by atoms with Crippen LogP contribution in [0.15, 0.2) is 48.5 Å². The summed E-state index contributed by atoms with van der Waals surface area (Å²) in [5.41, 5.74) is 2.80. The van der Waals surface area contributed by atoms with Crippen LogP contribution in [-0.4, -0.2) is 46.9 Å². The molecule has 1 aromatic heterocycles. The Balaban J connectivity index is 1.57. The molecule has 1 heterocycles. The lowest BCUT2D eigenvalue weighted by Crippen LogP contribution is -2.31. The lowest BCUT2D eigenvalue weighted by molar-refractivity contribution is -0.121. The van der Waals surface area contributed by atoms with Crippen molar-refractivity contribution < 1.29 is 14.6 Å². The molecule has 2 aromatic carbocycles. The molecule has 1 amide bonds. The number of aromatic nitrogens is 2. The molecule has 0 bridgehead atoms. The van der Waals surface area contributed by atoms with E-state index in [4.69, 9.17) is 9.84 Å². The van der Waals surface area contributed by atoms with Crippen LogP contribution in [0.4, 0.5) is 5.95 Å². The number of hydrogen-bond donors (Lipinski definition) is 3. The minimum Gasteiger partial charge on any atom is -0.492 e. The molecule has 27 heavy (non-hydrogen) atoms. The van der Waals surface area contributed by atoms with E-state index < -0.39 is 0 Å². The number of ether oxygens (including phenoxy) is 1. The van der Waals surface area contributed by atoms with Crippen molar-refractivity contribution in [2.24, 2.45) is 0 Å². The van der Waals surface area contributed by atoms with Crippen molar-refractivity contribution in [3.8, 4) is 5.75 Å².